The van der Waals surface area contributed by atoms with E-state index in [0.29, 0.717) is 16.9 Å². The Morgan fingerprint density at radius 2 is 2.00 bits per heavy atom. The van der Waals surface area contributed by atoms with E-state index >= 15 is 0 Å². The molecule has 1 aromatic heterocycles. The van der Waals surface area contributed by atoms with Gasteiger partial charge in [-0.05, 0) is 23.6 Å². The molecular formula is C12H11FO2. The van der Waals surface area contributed by atoms with E-state index in [1.165, 1.54) is 6.07 Å². The molecule has 0 unspecified atom stereocenters. The van der Waals surface area contributed by atoms with Crippen LogP contribution in [0.5, 0.6) is 0 Å². The number of benzene rings is 1. The monoisotopic (exact) mass is 206 g/mol. The van der Waals surface area contributed by atoms with Gasteiger partial charge in [-0.15, -0.1) is 0 Å². The first kappa shape index (κ1) is 9.90. The molecule has 0 N–H and O–H groups in total. The van der Waals surface area contributed by atoms with Crippen LogP contribution in [-0.4, -0.2) is 0 Å². The van der Waals surface area contributed by atoms with Crippen LogP contribution in [0.1, 0.15) is 25.3 Å². The third-order valence-electron chi connectivity index (χ3n) is 2.38. The SMILES string of the molecule is CC(C)c1ccc2cc(F)c(=O)oc2c1. The van der Waals surface area contributed by atoms with Gasteiger partial charge in [0.2, 0.25) is 5.82 Å². The van der Waals surface area contributed by atoms with E-state index in [2.05, 4.69) is 0 Å². The van der Waals surface area contributed by atoms with Gasteiger partial charge in [0.1, 0.15) is 5.58 Å². The zero-order chi connectivity index (χ0) is 11.0. The fraction of sp³-hybridized carbons (Fsp3) is 0.250. The van der Waals surface area contributed by atoms with Crippen molar-refractivity contribution in [2.45, 2.75) is 19.8 Å². The van der Waals surface area contributed by atoms with E-state index < -0.39 is 11.4 Å². The first-order valence-corrected chi connectivity index (χ1v) is 4.81. The zero-order valence-corrected chi connectivity index (χ0v) is 8.58. The molecule has 0 atom stereocenters. The lowest BCUT2D eigenvalue weighted by atomic mass is 10.0. The molecule has 2 nitrogen and oxygen atoms in total. The van der Waals surface area contributed by atoms with Gasteiger partial charge in [-0.2, -0.15) is 4.39 Å². The smallest absolute Gasteiger partial charge is 0.372 e. The number of hydrogen-bond acceptors (Lipinski definition) is 2. The molecule has 0 aliphatic heterocycles. The Balaban J connectivity index is 2.72. The summed E-state index contributed by atoms with van der Waals surface area (Å²) in [5.41, 5.74) is 0.591. The Morgan fingerprint density at radius 1 is 1.27 bits per heavy atom. The number of halogens is 1. The average molecular weight is 206 g/mol. The van der Waals surface area contributed by atoms with Crippen LogP contribution in [0.15, 0.2) is 33.5 Å². The highest BCUT2D eigenvalue weighted by atomic mass is 19.1. The minimum Gasteiger partial charge on any atom is -0.421 e. The van der Waals surface area contributed by atoms with Crippen molar-refractivity contribution in [3.63, 3.8) is 0 Å². The molecule has 0 aliphatic rings. The molecule has 0 fully saturated rings. The van der Waals surface area contributed by atoms with Crippen molar-refractivity contribution < 1.29 is 8.81 Å². The van der Waals surface area contributed by atoms with Gasteiger partial charge in [0.15, 0.2) is 0 Å². The van der Waals surface area contributed by atoms with Crippen LogP contribution in [0.2, 0.25) is 0 Å². The number of hydrogen-bond donors (Lipinski definition) is 0. The van der Waals surface area contributed by atoms with Crippen molar-refractivity contribution in [2.75, 3.05) is 0 Å². The predicted octanol–water partition coefficient (Wildman–Crippen LogP) is 3.06. The van der Waals surface area contributed by atoms with Gasteiger partial charge in [-0.25, -0.2) is 4.79 Å². The summed E-state index contributed by atoms with van der Waals surface area (Å²) in [5.74, 6) is -0.496. The number of fused-ring (bicyclic) bond motifs is 1. The Bertz CT molecular complexity index is 555. The van der Waals surface area contributed by atoms with Crippen molar-refractivity contribution in [1.29, 1.82) is 0 Å². The van der Waals surface area contributed by atoms with Gasteiger partial charge in [-0.1, -0.05) is 26.0 Å². The summed E-state index contributed by atoms with van der Waals surface area (Å²) < 4.78 is 17.8. The maximum Gasteiger partial charge on any atom is 0.372 e. The molecule has 1 aromatic carbocycles. The van der Waals surface area contributed by atoms with Crippen molar-refractivity contribution in [3.8, 4) is 0 Å². The molecule has 0 bridgehead atoms. The predicted molar refractivity (Wildman–Crippen MR) is 56.5 cm³/mol. The Hall–Kier alpha value is -1.64. The van der Waals surface area contributed by atoms with Crippen LogP contribution >= 0.6 is 0 Å². The highest BCUT2D eigenvalue weighted by Crippen LogP contribution is 2.20. The largest absolute Gasteiger partial charge is 0.421 e. The average Bonchev–Trinajstić information content (AvgIpc) is 2.19. The summed E-state index contributed by atoms with van der Waals surface area (Å²) in [6, 6.07) is 6.65. The first-order chi connectivity index (χ1) is 7.08. The van der Waals surface area contributed by atoms with E-state index in [0.717, 1.165) is 5.56 Å². The Kier molecular flexibility index (Phi) is 2.31. The number of rotatable bonds is 1. The van der Waals surface area contributed by atoms with Crippen LogP contribution < -0.4 is 5.63 Å². The Labute approximate surface area is 86.3 Å². The second kappa shape index (κ2) is 3.50. The first-order valence-electron chi connectivity index (χ1n) is 4.81. The van der Waals surface area contributed by atoms with E-state index in [1.54, 1.807) is 12.1 Å². The highest BCUT2D eigenvalue weighted by Gasteiger charge is 2.06. The fourth-order valence-electron chi connectivity index (χ4n) is 1.46. The lowest BCUT2D eigenvalue weighted by Gasteiger charge is -2.05. The van der Waals surface area contributed by atoms with Crippen LogP contribution in [0.4, 0.5) is 4.39 Å². The molecule has 3 heteroatoms. The minimum atomic E-state index is -0.914. The van der Waals surface area contributed by atoms with E-state index in [4.69, 9.17) is 4.42 Å². The van der Waals surface area contributed by atoms with Gasteiger partial charge >= 0.3 is 5.63 Å². The Morgan fingerprint density at radius 3 is 2.67 bits per heavy atom. The zero-order valence-electron chi connectivity index (χ0n) is 8.58. The van der Waals surface area contributed by atoms with Crippen molar-refractivity contribution in [1.82, 2.24) is 0 Å². The van der Waals surface area contributed by atoms with Gasteiger partial charge in [-0.3, -0.25) is 0 Å². The van der Waals surface area contributed by atoms with Gasteiger partial charge < -0.3 is 4.42 Å². The topological polar surface area (TPSA) is 30.2 Å². The van der Waals surface area contributed by atoms with Crippen LogP contribution in [-0.2, 0) is 0 Å². The molecule has 15 heavy (non-hydrogen) atoms. The maximum atomic E-state index is 12.9. The summed E-state index contributed by atoms with van der Waals surface area (Å²) >= 11 is 0. The molecule has 78 valence electrons. The molecule has 0 spiro atoms. The third kappa shape index (κ3) is 1.77. The summed E-state index contributed by atoms with van der Waals surface area (Å²) in [5, 5.41) is 0.608. The highest BCUT2D eigenvalue weighted by molar-refractivity contribution is 5.77. The maximum absolute atomic E-state index is 12.9. The molecule has 1 heterocycles. The van der Waals surface area contributed by atoms with Gasteiger partial charge in [0.05, 0.1) is 0 Å². The standard InChI is InChI=1S/C12H11FO2/c1-7(2)8-3-4-9-5-10(13)12(14)15-11(9)6-8/h3-7H,1-2H3. The van der Waals surface area contributed by atoms with Crippen molar-refractivity contribution in [3.05, 3.63) is 46.1 Å². The van der Waals surface area contributed by atoms with Crippen molar-refractivity contribution >= 4 is 11.0 Å². The quantitative estimate of drug-likeness (QED) is 0.671. The van der Waals surface area contributed by atoms with E-state index in [-0.39, 0.29) is 0 Å². The molecule has 0 saturated carbocycles. The molecule has 2 aromatic rings. The van der Waals surface area contributed by atoms with Crippen LogP contribution in [0.3, 0.4) is 0 Å². The molecule has 0 saturated heterocycles. The second-order valence-electron chi connectivity index (χ2n) is 3.83. The normalized spacial score (nSPS) is 11.2. The van der Waals surface area contributed by atoms with Crippen LogP contribution in [0, 0.1) is 5.82 Å². The third-order valence-corrected chi connectivity index (χ3v) is 2.38. The lowest BCUT2D eigenvalue weighted by molar-refractivity contribution is 0.487. The fourth-order valence-corrected chi connectivity index (χ4v) is 1.46. The van der Waals surface area contributed by atoms with E-state index in [1.807, 2.05) is 19.9 Å². The second-order valence-corrected chi connectivity index (χ2v) is 3.83. The summed E-state index contributed by atoms with van der Waals surface area (Å²) in [6.45, 7) is 4.09. The van der Waals surface area contributed by atoms with Gasteiger partial charge in [0.25, 0.3) is 0 Å². The lowest BCUT2D eigenvalue weighted by Crippen LogP contribution is -2.03. The molecular weight excluding hydrogens is 195 g/mol. The molecule has 0 amide bonds. The van der Waals surface area contributed by atoms with Crippen molar-refractivity contribution in [2.24, 2.45) is 0 Å². The minimum absolute atomic E-state index is 0.352. The summed E-state index contributed by atoms with van der Waals surface area (Å²) in [6.07, 6.45) is 0. The summed E-state index contributed by atoms with van der Waals surface area (Å²) in [4.78, 5) is 11.0. The molecule has 0 radical (unpaired) electrons. The van der Waals surface area contributed by atoms with Gasteiger partial charge in [0, 0.05) is 5.39 Å². The van der Waals surface area contributed by atoms with E-state index in [9.17, 15) is 9.18 Å². The summed E-state index contributed by atoms with van der Waals surface area (Å²) in [7, 11) is 0. The molecule has 2 rings (SSSR count). The van der Waals surface area contributed by atoms with Crippen LogP contribution in [0.25, 0.3) is 11.0 Å². The molecule has 0 aliphatic carbocycles.